The second-order valence-electron chi connectivity index (χ2n) is 3.20. The molecule has 1 rings (SSSR count). The first-order valence-corrected chi connectivity index (χ1v) is 4.82. The minimum atomic E-state index is 0.631. The van der Waals surface area contributed by atoms with Gasteiger partial charge in [0.2, 0.25) is 0 Å². The Morgan fingerprint density at radius 3 is 2.46 bits per heavy atom. The lowest BCUT2D eigenvalue weighted by molar-refractivity contribution is 0.945. The number of nitrogens with two attached hydrogens (primary N) is 2. The number of hydrogen-bond donors (Lipinski definition) is 2. The summed E-state index contributed by atoms with van der Waals surface area (Å²) < 4.78 is 0. The molecule has 0 aliphatic heterocycles. The fourth-order valence-electron chi connectivity index (χ4n) is 1.53. The third kappa shape index (κ3) is 2.54. The van der Waals surface area contributed by atoms with E-state index in [-0.39, 0.29) is 0 Å². The highest BCUT2D eigenvalue weighted by Gasteiger charge is 1.99. The first-order valence-electron chi connectivity index (χ1n) is 4.82. The van der Waals surface area contributed by atoms with Crippen LogP contribution >= 0.6 is 0 Å². The molecule has 4 N–H and O–H groups in total. The lowest BCUT2D eigenvalue weighted by atomic mass is 10.0. The fourth-order valence-corrected chi connectivity index (χ4v) is 1.53. The third-order valence-electron chi connectivity index (χ3n) is 2.30. The van der Waals surface area contributed by atoms with Gasteiger partial charge in [0.25, 0.3) is 0 Å². The van der Waals surface area contributed by atoms with Crippen molar-refractivity contribution in [3.8, 4) is 0 Å². The summed E-state index contributed by atoms with van der Waals surface area (Å²) in [6, 6.07) is 6.45. The molecule has 1 aromatic carbocycles. The van der Waals surface area contributed by atoms with Crippen LogP contribution in [0.1, 0.15) is 23.6 Å². The van der Waals surface area contributed by atoms with Crippen LogP contribution in [0, 0.1) is 0 Å². The van der Waals surface area contributed by atoms with Gasteiger partial charge in [-0.05, 0) is 36.1 Å². The normalized spacial score (nSPS) is 10.4. The lowest BCUT2D eigenvalue weighted by Gasteiger charge is -2.07. The van der Waals surface area contributed by atoms with Crippen LogP contribution in [0.4, 0.5) is 0 Å². The maximum Gasteiger partial charge on any atom is 0.0180 e. The predicted molar refractivity (Wildman–Crippen MR) is 56.5 cm³/mol. The second kappa shape index (κ2) is 5.00. The number of rotatable bonds is 4. The van der Waals surface area contributed by atoms with Crippen molar-refractivity contribution >= 4 is 0 Å². The van der Waals surface area contributed by atoms with Crippen molar-refractivity contribution < 1.29 is 0 Å². The summed E-state index contributed by atoms with van der Waals surface area (Å²) in [4.78, 5) is 0. The molecule has 0 heterocycles. The van der Waals surface area contributed by atoms with E-state index >= 15 is 0 Å². The standard InChI is InChI=1S/C11H18N2/c1-2-10-7-9(5-6-12)3-4-11(10)8-13/h3-4,7H,2,5-6,8,12-13H2,1H3. The van der Waals surface area contributed by atoms with E-state index in [9.17, 15) is 0 Å². The molecule has 0 aliphatic rings. The van der Waals surface area contributed by atoms with Gasteiger partial charge >= 0.3 is 0 Å². The maximum absolute atomic E-state index is 5.63. The molecule has 0 aromatic heterocycles. The summed E-state index contributed by atoms with van der Waals surface area (Å²) in [5.41, 5.74) is 15.0. The van der Waals surface area contributed by atoms with Gasteiger partial charge in [-0.15, -0.1) is 0 Å². The SMILES string of the molecule is CCc1cc(CCN)ccc1CN. The highest BCUT2D eigenvalue weighted by molar-refractivity contribution is 5.32. The summed E-state index contributed by atoms with van der Waals surface area (Å²) in [6.07, 6.45) is 2.00. The van der Waals surface area contributed by atoms with E-state index in [0.29, 0.717) is 13.1 Å². The molecule has 0 bridgehead atoms. The summed E-state index contributed by atoms with van der Waals surface area (Å²) >= 11 is 0. The van der Waals surface area contributed by atoms with Crippen molar-refractivity contribution in [3.05, 3.63) is 34.9 Å². The van der Waals surface area contributed by atoms with E-state index in [0.717, 1.165) is 12.8 Å². The van der Waals surface area contributed by atoms with Crippen LogP contribution in [0.25, 0.3) is 0 Å². The largest absolute Gasteiger partial charge is 0.330 e. The first-order chi connectivity index (χ1) is 6.31. The molecular formula is C11H18N2. The zero-order valence-electron chi connectivity index (χ0n) is 8.22. The van der Waals surface area contributed by atoms with Crippen molar-refractivity contribution in [2.45, 2.75) is 26.3 Å². The van der Waals surface area contributed by atoms with Crippen molar-refractivity contribution in [2.24, 2.45) is 11.5 Å². The van der Waals surface area contributed by atoms with E-state index in [1.807, 2.05) is 0 Å². The molecule has 0 saturated carbocycles. The van der Waals surface area contributed by atoms with Gasteiger partial charge in [0, 0.05) is 6.54 Å². The predicted octanol–water partition coefficient (Wildman–Crippen LogP) is 1.21. The zero-order valence-corrected chi connectivity index (χ0v) is 8.22. The highest BCUT2D eigenvalue weighted by atomic mass is 14.5. The Kier molecular flexibility index (Phi) is 3.93. The Morgan fingerprint density at radius 2 is 1.92 bits per heavy atom. The molecule has 0 saturated heterocycles. The average Bonchev–Trinajstić information content (AvgIpc) is 2.18. The minimum Gasteiger partial charge on any atom is -0.330 e. The molecule has 0 fully saturated rings. The monoisotopic (exact) mass is 178 g/mol. The van der Waals surface area contributed by atoms with Gasteiger partial charge in [-0.2, -0.15) is 0 Å². The van der Waals surface area contributed by atoms with Gasteiger partial charge in [0.15, 0.2) is 0 Å². The van der Waals surface area contributed by atoms with Gasteiger partial charge < -0.3 is 11.5 Å². The molecule has 2 heteroatoms. The number of benzene rings is 1. The summed E-state index contributed by atoms with van der Waals surface area (Å²) in [6.45, 7) is 3.50. The number of aryl methyl sites for hydroxylation is 1. The topological polar surface area (TPSA) is 52.0 Å². The Labute approximate surface area is 79.9 Å². The lowest BCUT2D eigenvalue weighted by Crippen LogP contribution is -2.05. The molecule has 2 nitrogen and oxygen atoms in total. The molecular weight excluding hydrogens is 160 g/mol. The average molecular weight is 178 g/mol. The van der Waals surface area contributed by atoms with E-state index in [1.165, 1.54) is 16.7 Å². The summed E-state index contributed by atoms with van der Waals surface area (Å²) in [5.74, 6) is 0. The molecule has 0 radical (unpaired) electrons. The van der Waals surface area contributed by atoms with E-state index < -0.39 is 0 Å². The Hall–Kier alpha value is -0.860. The van der Waals surface area contributed by atoms with Crippen LogP contribution in [0.5, 0.6) is 0 Å². The quantitative estimate of drug-likeness (QED) is 0.728. The zero-order chi connectivity index (χ0) is 9.68. The van der Waals surface area contributed by atoms with Crippen molar-refractivity contribution in [3.63, 3.8) is 0 Å². The smallest absolute Gasteiger partial charge is 0.0180 e. The Morgan fingerprint density at radius 1 is 1.15 bits per heavy atom. The van der Waals surface area contributed by atoms with Crippen LogP contribution in [0.2, 0.25) is 0 Å². The van der Waals surface area contributed by atoms with E-state index in [4.69, 9.17) is 11.5 Å². The minimum absolute atomic E-state index is 0.631. The molecule has 0 unspecified atom stereocenters. The van der Waals surface area contributed by atoms with Gasteiger partial charge in [0.1, 0.15) is 0 Å². The summed E-state index contributed by atoms with van der Waals surface area (Å²) in [5, 5.41) is 0. The van der Waals surface area contributed by atoms with E-state index in [2.05, 4.69) is 25.1 Å². The fraction of sp³-hybridized carbons (Fsp3) is 0.455. The van der Waals surface area contributed by atoms with Crippen LogP contribution in [-0.2, 0) is 19.4 Å². The highest BCUT2D eigenvalue weighted by Crippen LogP contribution is 2.12. The van der Waals surface area contributed by atoms with Gasteiger partial charge in [-0.1, -0.05) is 25.1 Å². The van der Waals surface area contributed by atoms with Gasteiger partial charge in [-0.25, -0.2) is 0 Å². The van der Waals surface area contributed by atoms with Crippen LogP contribution < -0.4 is 11.5 Å². The van der Waals surface area contributed by atoms with Crippen LogP contribution in [0.15, 0.2) is 18.2 Å². The third-order valence-corrected chi connectivity index (χ3v) is 2.30. The molecule has 13 heavy (non-hydrogen) atoms. The molecule has 1 aromatic rings. The first kappa shape index (κ1) is 10.2. The van der Waals surface area contributed by atoms with Gasteiger partial charge in [-0.3, -0.25) is 0 Å². The van der Waals surface area contributed by atoms with Crippen molar-refractivity contribution in [1.82, 2.24) is 0 Å². The van der Waals surface area contributed by atoms with Crippen LogP contribution in [0.3, 0.4) is 0 Å². The van der Waals surface area contributed by atoms with Gasteiger partial charge in [0.05, 0.1) is 0 Å². The second-order valence-corrected chi connectivity index (χ2v) is 3.20. The van der Waals surface area contributed by atoms with Crippen molar-refractivity contribution in [1.29, 1.82) is 0 Å². The van der Waals surface area contributed by atoms with Crippen molar-refractivity contribution in [2.75, 3.05) is 6.54 Å². The Balaban J connectivity index is 2.91. The molecule has 72 valence electrons. The molecule has 0 amide bonds. The Bertz CT molecular complexity index is 269. The maximum atomic E-state index is 5.63. The molecule has 0 spiro atoms. The summed E-state index contributed by atoms with van der Waals surface area (Å²) in [7, 11) is 0. The number of hydrogen-bond acceptors (Lipinski definition) is 2. The molecule has 0 atom stereocenters. The molecule has 0 aliphatic carbocycles. The van der Waals surface area contributed by atoms with Crippen LogP contribution in [-0.4, -0.2) is 6.54 Å². The van der Waals surface area contributed by atoms with E-state index in [1.54, 1.807) is 0 Å².